The van der Waals surface area contributed by atoms with Crippen molar-refractivity contribution >= 4 is 35.0 Å². The first-order valence-electron chi connectivity index (χ1n) is 7.86. The van der Waals surface area contributed by atoms with E-state index in [0.29, 0.717) is 28.1 Å². The van der Waals surface area contributed by atoms with Crippen LogP contribution in [0.2, 0.25) is 5.02 Å². The molecular weight excluding hydrogens is 334 g/mol. The lowest BCUT2D eigenvalue weighted by molar-refractivity contribution is 0.0838. The molecule has 2 atom stereocenters. The first-order chi connectivity index (χ1) is 11.1. The molecule has 126 valence electrons. The van der Waals surface area contributed by atoms with Crippen LogP contribution in [0.3, 0.4) is 0 Å². The first-order valence-corrected chi connectivity index (χ1v) is 9.39. The Hall–Kier alpha value is -1.11. The van der Waals surface area contributed by atoms with E-state index in [-0.39, 0.29) is 11.9 Å². The Morgan fingerprint density at radius 2 is 2.30 bits per heavy atom. The fraction of sp³-hybridized carbons (Fsp3) is 0.562. The standard InChI is InChI=1S/C16H22ClN3O2S/c1-22-15-8-12(18)11(17)7-10(15)16(21)19-13-3-2-4-20-5-6-23-9-14(13)20/h7-8,13-14H,2-6,9,18H2,1H3,(H,19,21)/t13-,14+/m1/s1. The molecule has 2 heterocycles. The summed E-state index contributed by atoms with van der Waals surface area (Å²) in [5, 5.41) is 3.55. The van der Waals surface area contributed by atoms with Gasteiger partial charge in [0.05, 0.1) is 23.4 Å². The number of carbonyl (C=O) groups excluding carboxylic acids is 1. The first kappa shape index (κ1) is 16.7. The molecule has 0 bridgehead atoms. The topological polar surface area (TPSA) is 67.6 Å². The molecule has 0 aliphatic carbocycles. The Labute approximate surface area is 145 Å². The van der Waals surface area contributed by atoms with Crippen LogP contribution in [-0.4, -0.2) is 54.6 Å². The van der Waals surface area contributed by atoms with Crippen molar-refractivity contribution in [2.75, 3.05) is 37.4 Å². The fourth-order valence-electron chi connectivity index (χ4n) is 3.34. The summed E-state index contributed by atoms with van der Waals surface area (Å²) in [7, 11) is 1.53. The third kappa shape index (κ3) is 3.54. The number of benzene rings is 1. The Morgan fingerprint density at radius 3 is 3.09 bits per heavy atom. The molecule has 3 rings (SSSR count). The van der Waals surface area contributed by atoms with Gasteiger partial charge in [-0.3, -0.25) is 9.69 Å². The highest BCUT2D eigenvalue weighted by molar-refractivity contribution is 7.99. The second-order valence-corrected chi connectivity index (χ2v) is 7.53. The minimum Gasteiger partial charge on any atom is -0.496 e. The van der Waals surface area contributed by atoms with Crippen LogP contribution in [0.5, 0.6) is 5.75 Å². The number of ether oxygens (including phenoxy) is 1. The fourth-order valence-corrected chi connectivity index (χ4v) is 4.72. The van der Waals surface area contributed by atoms with Gasteiger partial charge in [0, 0.05) is 36.2 Å². The Balaban J connectivity index is 1.77. The maximum atomic E-state index is 12.7. The summed E-state index contributed by atoms with van der Waals surface area (Å²) < 4.78 is 5.28. The monoisotopic (exact) mass is 355 g/mol. The van der Waals surface area contributed by atoms with E-state index in [9.17, 15) is 4.79 Å². The number of anilines is 1. The van der Waals surface area contributed by atoms with Gasteiger partial charge < -0.3 is 15.8 Å². The van der Waals surface area contributed by atoms with Crippen molar-refractivity contribution in [1.29, 1.82) is 0 Å². The van der Waals surface area contributed by atoms with E-state index in [0.717, 1.165) is 31.7 Å². The number of hydrogen-bond donors (Lipinski definition) is 2. The van der Waals surface area contributed by atoms with Gasteiger partial charge in [-0.25, -0.2) is 0 Å². The molecule has 5 nitrogen and oxygen atoms in total. The maximum absolute atomic E-state index is 12.7. The molecule has 2 aliphatic rings. The molecular formula is C16H22ClN3O2S. The predicted molar refractivity (Wildman–Crippen MR) is 95.6 cm³/mol. The lowest BCUT2D eigenvalue weighted by atomic mass is 9.96. The molecule has 2 aliphatic heterocycles. The van der Waals surface area contributed by atoms with Crippen molar-refractivity contribution in [3.63, 3.8) is 0 Å². The summed E-state index contributed by atoms with van der Waals surface area (Å²) in [5.41, 5.74) is 6.63. The Kier molecular flexibility index (Phi) is 5.24. The van der Waals surface area contributed by atoms with Crippen LogP contribution in [0.1, 0.15) is 23.2 Å². The van der Waals surface area contributed by atoms with Gasteiger partial charge in [-0.1, -0.05) is 11.6 Å². The molecule has 2 saturated heterocycles. The number of nitrogens with two attached hydrogens (primary N) is 1. The summed E-state index contributed by atoms with van der Waals surface area (Å²) in [4.78, 5) is 15.2. The van der Waals surface area contributed by atoms with Crippen molar-refractivity contribution in [2.45, 2.75) is 24.9 Å². The average molecular weight is 356 g/mol. The number of methoxy groups -OCH3 is 1. The number of nitrogens with zero attached hydrogens (tertiary/aromatic N) is 1. The number of fused-ring (bicyclic) bond motifs is 1. The summed E-state index contributed by atoms with van der Waals surface area (Å²) in [6.45, 7) is 2.24. The van der Waals surface area contributed by atoms with Gasteiger partial charge in [0.15, 0.2) is 0 Å². The van der Waals surface area contributed by atoms with Crippen LogP contribution >= 0.6 is 23.4 Å². The van der Waals surface area contributed by atoms with Gasteiger partial charge in [-0.15, -0.1) is 0 Å². The molecule has 0 saturated carbocycles. The number of amides is 1. The molecule has 2 fully saturated rings. The highest BCUT2D eigenvalue weighted by Gasteiger charge is 2.34. The summed E-state index contributed by atoms with van der Waals surface area (Å²) in [6, 6.07) is 3.77. The molecule has 7 heteroatoms. The Bertz CT molecular complexity index is 597. The van der Waals surface area contributed by atoms with Gasteiger partial charge in [0.2, 0.25) is 0 Å². The summed E-state index contributed by atoms with van der Waals surface area (Å²) >= 11 is 8.03. The minimum absolute atomic E-state index is 0.147. The van der Waals surface area contributed by atoms with Gasteiger partial charge in [0.25, 0.3) is 5.91 Å². The summed E-state index contributed by atoms with van der Waals surface area (Å²) in [5.74, 6) is 2.56. The van der Waals surface area contributed by atoms with Gasteiger partial charge in [0.1, 0.15) is 5.75 Å². The number of carbonyl (C=O) groups is 1. The van der Waals surface area contributed by atoms with Crippen LogP contribution in [0.4, 0.5) is 5.69 Å². The van der Waals surface area contributed by atoms with E-state index in [4.69, 9.17) is 22.1 Å². The third-order valence-corrected chi connectivity index (χ3v) is 5.96. The number of thioether (sulfide) groups is 1. The van der Waals surface area contributed by atoms with Crippen molar-refractivity contribution in [3.05, 3.63) is 22.7 Å². The van der Waals surface area contributed by atoms with E-state index in [2.05, 4.69) is 10.2 Å². The molecule has 0 aromatic heterocycles. The SMILES string of the molecule is COc1cc(N)c(Cl)cc1C(=O)N[C@@H]1CCCN2CCSC[C@@H]12. The highest BCUT2D eigenvalue weighted by Crippen LogP contribution is 2.30. The Morgan fingerprint density at radius 1 is 1.48 bits per heavy atom. The number of nitrogen functional groups attached to an aromatic ring is 1. The number of nitrogens with one attached hydrogen (secondary N) is 1. The molecule has 0 unspecified atom stereocenters. The van der Waals surface area contributed by atoms with E-state index in [1.165, 1.54) is 12.9 Å². The van der Waals surface area contributed by atoms with E-state index < -0.39 is 0 Å². The molecule has 1 aromatic carbocycles. The van der Waals surface area contributed by atoms with Gasteiger partial charge in [-0.2, -0.15) is 11.8 Å². The van der Waals surface area contributed by atoms with Crippen molar-refractivity contribution in [2.24, 2.45) is 0 Å². The second kappa shape index (κ2) is 7.20. The normalized spacial score (nSPS) is 24.8. The van der Waals surface area contributed by atoms with Gasteiger partial charge >= 0.3 is 0 Å². The van der Waals surface area contributed by atoms with E-state index >= 15 is 0 Å². The third-order valence-electron chi connectivity index (χ3n) is 4.59. The van der Waals surface area contributed by atoms with Crippen molar-refractivity contribution in [1.82, 2.24) is 10.2 Å². The zero-order chi connectivity index (χ0) is 16.4. The quantitative estimate of drug-likeness (QED) is 0.814. The molecule has 3 N–H and O–H groups in total. The average Bonchev–Trinajstić information content (AvgIpc) is 2.57. The highest BCUT2D eigenvalue weighted by atomic mass is 35.5. The molecule has 1 aromatic rings. The smallest absolute Gasteiger partial charge is 0.255 e. The van der Waals surface area contributed by atoms with Crippen LogP contribution in [0.15, 0.2) is 12.1 Å². The van der Waals surface area contributed by atoms with Crippen LogP contribution < -0.4 is 15.8 Å². The molecule has 0 radical (unpaired) electrons. The number of rotatable bonds is 3. The molecule has 23 heavy (non-hydrogen) atoms. The molecule has 0 spiro atoms. The summed E-state index contributed by atoms with van der Waals surface area (Å²) in [6.07, 6.45) is 2.13. The zero-order valence-electron chi connectivity index (χ0n) is 13.2. The lowest BCUT2D eigenvalue weighted by Crippen LogP contribution is -2.58. The van der Waals surface area contributed by atoms with Crippen LogP contribution in [0, 0.1) is 0 Å². The maximum Gasteiger partial charge on any atom is 0.255 e. The largest absolute Gasteiger partial charge is 0.496 e. The second-order valence-electron chi connectivity index (χ2n) is 5.97. The van der Waals surface area contributed by atoms with E-state index in [1.807, 2.05) is 11.8 Å². The predicted octanol–water partition coefficient (Wildman–Crippen LogP) is 2.24. The minimum atomic E-state index is -0.147. The van der Waals surface area contributed by atoms with Crippen LogP contribution in [0.25, 0.3) is 0 Å². The van der Waals surface area contributed by atoms with E-state index in [1.54, 1.807) is 12.1 Å². The van der Waals surface area contributed by atoms with Crippen molar-refractivity contribution in [3.8, 4) is 5.75 Å². The zero-order valence-corrected chi connectivity index (χ0v) is 14.8. The number of piperidine rings is 1. The van der Waals surface area contributed by atoms with Gasteiger partial charge in [-0.05, 0) is 25.5 Å². The number of halogens is 1. The molecule has 1 amide bonds. The lowest BCUT2D eigenvalue weighted by Gasteiger charge is -2.44. The van der Waals surface area contributed by atoms with Crippen molar-refractivity contribution < 1.29 is 9.53 Å². The number of hydrogen-bond acceptors (Lipinski definition) is 5. The van der Waals surface area contributed by atoms with Crippen LogP contribution in [-0.2, 0) is 0 Å².